The molecular formula is C14H21N5. The minimum Gasteiger partial charge on any atom is -0.354 e. The van der Waals surface area contributed by atoms with Gasteiger partial charge in [0.1, 0.15) is 11.6 Å². The zero-order chi connectivity index (χ0) is 13.8. The molecular weight excluding hydrogens is 238 g/mol. The zero-order valence-electron chi connectivity index (χ0n) is 11.9. The van der Waals surface area contributed by atoms with Crippen LogP contribution in [-0.4, -0.2) is 36.4 Å². The second kappa shape index (κ2) is 5.98. The van der Waals surface area contributed by atoms with Crippen LogP contribution in [0.3, 0.4) is 0 Å². The Morgan fingerprint density at radius 3 is 2.79 bits per heavy atom. The molecule has 102 valence electrons. The van der Waals surface area contributed by atoms with Gasteiger partial charge in [0.05, 0.1) is 5.69 Å². The fourth-order valence-corrected chi connectivity index (χ4v) is 2.54. The molecule has 2 rings (SSSR count). The van der Waals surface area contributed by atoms with E-state index in [1.54, 1.807) is 0 Å². The molecule has 1 unspecified atom stereocenters. The first kappa shape index (κ1) is 13.8. The summed E-state index contributed by atoms with van der Waals surface area (Å²) in [6.45, 7) is 5.93. The second-order valence-corrected chi connectivity index (χ2v) is 5.17. The number of rotatable bonds is 2. The SMILES string of the molecule is Cc1nnc(N(C)C2CCCNCC2)c(C#N)c1C. The molecule has 1 saturated heterocycles. The molecule has 0 amide bonds. The van der Waals surface area contributed by atoms with Crippen LogP contribution in [0.25, 0.3) is 0 Å². The van der Waals surface area contributed by atoms with Crippen LogP contribution in [0.2, 0.25) is 0 Å². The van der Waals surface area contributed by atoms with E-state index in [4.69, 9.17) is 0 Å². The lowest BCUT2D eigenvalue weighted by Crippen LogP contribution is -2.34. The number of aromatic nitrogens is 2. The number of hydrogen-bond acceptors (Lipinski definition) is 5. The second-order valence-electron chi connectivity index (χ2n) is 5.17. The molecule has 1 aliphatic heterocycles. The smallest absolute Gasteiger partial charge is 0.169 e. The van der Waals surface area contributed by atoms with Crippen molar-refractivity contribution in [1.82, 2.24) is 15.5 Å². The van der Waals surface area contributed by atoms with Gasteiger partial charge in [0.15, 0.2) is 5.82 Å². The Labute approximate surface area is 114 Å². The lowest BCUT2D eigenvalue weighted by atomic mass is 10.1. The van der Waals surface area contributed by atoms with Crippen molar-refractivity contribution in [2.24, 2.45) is 0 Å². The Bertz CT molecular complexity index is 483. The van der Waals surface area contributed by atoms with E-state index < -0.39 is 0 Å². The van der Waals surface area contributed by atoms with Crippen LogP contribution in [-0.2, 0) is 0 Å². The van der Waals surface area contributed by atoms with E-state index in [9.17, 15) is 5.26 Å². The summed E-state index contributed by atoms with van der Waals surface area (Å²) in [4.78, 5) is 2.13. The average Bonchev–Trinajstić information content (AvgIpc) is 2.70. The summed E-state index contributed by atoms with van der Waals surface area (Å²) >= 11 is 0. The number of nitrogens with zero attached hydrogens (tertiary/aromatic N) is 4. The molecule has 0 bridgehead atoms. The fourth-order valence-electron chi connectivity index (χ4n) is 2.54. The minimum absolute atomic E-state index is 0.429. The molecule has 19 heavy (non-hydrogen) atoms. The third-order valence-electron chi connectivity index (χ3n) is 3.97. The molecule has 0 spiro atoms. The van der Waals surface area contributed by atoms with Crippen molar-refractivity contribution in [2.75, 3.05) is 25.0 Å². The maximum absolute atomic E-state index is 9.37. The molecule has 5 heteroatoms. The summed E-state index contributed by atoms with van der Waals surface area (Å²) in [6.07, 6.45) is 3.37. The number of aryl methyl sites for hydroxylation is 1. The summed E-state index contributed by atoms with van der Waals surface area (Å²) in [5, 5.41) is 21.2. The highest BCUT2D eigenvalue weighted by molar-refractivity contribution is 5.57. The molecule has 1 fully saturated rings. The first-order valence-corrected chi connectivity index (χ1v) is 6.82. The molecule has 0 saturated carbocycles. The van der Waals surface area contributed by atoms with Crippen LogP contribution in [0.5, 0.6) is 0 Å². The normalized spacial score (nSPS) is 19.6. The fraction of sp³-hybridized carbons (Fsp3) is 0.643. The van der Waals surface area contributed by atoms with Crippen molar-refractivity contribution in [3.63, 3.8) is 0 Å². The van der Waals surface area contributed by atoms with Crippen molar-refractivity contribution in [3.8, 4) is 6.07 Å². The van der Waals surface area contributed by atoms with E-state index in [1.165, 1.54) is 0 Å². The summed E-state index contributed by atoms with van der Waals surface area (Å²) in [5.74, 6) is 0.720. The highest BCUT2D eigenvalue weighted by Gasteiger charge is 2.22. The van der Waals surface area contributed by atoms with E-state index in [0.29, 0.717) is 11.6 Å². The van der Waals surface area contributed by atoms with Crippen LogP contribution >= 0.6 is 0 Å². The molecule has 1 N–H and O–H groups in total. The highest BCUT2D eigenvalue weighted by atomic mass is 15.3. The summed E-state index contributed by atoms with van der Waals surface area (Å²) in [7, 11) is 2.02. The molecule has 0 aromatic carbocycles. The van der Waals surface area contributed by atoms with Crippen molar-refractivity contribution < 1.29 is 0 Å². The maximum Gasteiger partial charge on any atom is 0.169 e. The van der Waals surface area contributed by atoms with Gasteiger partial charge >= 0.3 is 0 Å². The molecule has 0 aliphatic carbocycles. The summed E-state index contributed by atoms with van der Waals surface area (Å²) in [6, 6.07) is 2.71. The van der Waals surface area contributed by atoms with Gasteiger partial charge in [-0.1, -0.05) is 0 Å². The van der Waals surface area contributed by atoms with Gasteiger partial charge in [-0.3, -0.25) is 0 Å². The third kappa shape index (κ3) is 2.85. The van der Waals surface area contributed by atoms with Crippen molar-refractivity contribution in [2.45, 2.75) is 39.2 Å². The third-order valence-corrected chi connectivity index (χ3v) is 3.97. The monoisotopic (exact) mass is 259 g/mol. The van der Waals surface area contributed by atoms with Gasteiger partial charge in [-0.2, -0.15) is 10.4 Å². The lowest BCUT2D eigenvalue weighted by Gasteiger charge is -2.28. The van der Waals surface area contributed by atoms with Crippen LogP contribution < -0.4 is 10.2 Å². The highest BCUT2D eigenvalue weighted by Crippen LogP contribution is 2.24. The van der Waals surface area contributed by atoms with E-state index in [2.05, 4.69) is 26.5 Å². The maximum atomic E-state index is 9.37. The van der Waals surface area contributed by atoms with Gasteiger partial charge in [-0.05, 0) is 51.8 Å². The van der Waals surface area contributed by atoms with Gasteiger partial charge in [0.25, 0.3) is 0 Å². The van der Waals surface area contributed by atoms with Crippen LogP contribution in [0.1, 0.15) is 36.1 Å². The number of nitriles is 1. The predicted octanol–water partition coefficient (Wildman–Crippen LogP) is 1.54. The molecule has 1 aromatic heterocycles. The number of hydrogen-bond donors (Lipinski definition) is 1. The summed E-state index contributed by atoms with van der Waals surface area (Å²) < 4.78 is 0. The van der Waals surface area contributed by atoms with E-state index in [1.807, 2.05) is 20.9 Å². The Morgan fingerprint density at radius 1 is 1.26 bits per heavy atom. The van der Waals surface area contributed by atoms with Crippen LogP contribution in [0, 0.1) is 25.2 Å². The minimum atomic E-state index is 0.429. The standard InChI is InChI=1S/C14H21N5/c1-10-11(2)17-18-14(13(10)9-15)19(3)12-5-4-7-16-8-6-12/h12,16H,4-8H2,1-3H3. The molecule has 1 aliphatic rings. The molecule has 1 aromatic rings. The topological polar surface area (TPSA) is 64.8 Å². The quantitative estimate of drug-likeness (QED) is 0.873. The van der Waals surface area contributed by atoms with E-state index >= 15 is 0 Å². The lowest BCUT2D eigenvalue weighted by molar-refractivity contribution is 0.559. The first-order chi connectivity index (χ1) is 9.15. The van der Waals surface area contributed by atoms with Crippen LogP contribution in [0.15, 0.2) is 0 Å². The Balaban J connectivity index is 2.30. The Morgan fingerprint density at radius 2 is 2.05 bits per heavy atom. The largest absolute Gasteiger partial charge is 0.354 e. The van der Waals surface area contributed by atoms with Crippen molar-refractivity contribution >= 4 is 5.82 Å². The molecule has 0 radical (unpaired) electrons. The van der Waals surface area contributed by atoms with Gasteiger partial charge in [0, 0.05) is 13.1 Å². The van der Waals surface area contributed by atoms with E-state index in [0.717, 1.165) is 49.4 Å². The van der Waals surface area contributed by atoms with Crippen LogP contribution in [0.4, 0.5) is 5.82 Å². The van der Waals surface area contributed by atoms with Gasteiger partial charge in [-0.25, -0.2) is 0 Å². The molecule has 1 atom stereocenters. The predicted molar refractivity (Wildman–Crippen MR) is 75.1 cm³/mol. The average molecular weight is 259 g/mol. The zero-order valence-corrected chi connectivity index (χ0v) is 11.9. The van der Waals surface area contributed by atoms with Crippen molar-refractivity contribution in [3.05, 3.63) is 16.8 Å². The Kier molecular flexibility index (Phi) is 4.33. The molecule has 2 heterocycles. The van der Waals surface area contributed by atoms with Gasteiger partial charge in [0.2, 0.25) is 0 Å². The van der Waals surface area contributed by atoms with Gasteiger partial charge < -0.3 is 10.2 Å². The molecule has 5 nitrogen and oxygen atoms in total. The summed E-state index contributed by atoms with van der Waals surface area (Å²) in [5.41, 5.74) is 2.43. The number of nitrogens with one attached hydrogen (secondary N) is 1. The van der Waals surface area contributed by atoms with E-state index in [-0.39, 0.29) is 0 Å². The Hall–Kier alpha value is -1.67. The first-order valence-electron chi connectivity index (χ1n) is 6.82. The van der Waals surface area contributed by atoms with Crippen molar-refractivity contribution in [1.29, 1.82) is 5.26 Å². The number of anilines is 1. The van der Waals surface area contributed by atoms with Gasteiger partial charge in [-0.15, -0.1) is 5.10 Å².